The normalized spacial score (nSPS) is 20.7. The molecule has 0 radical (unpaired) electrons. The van der Waals surface area contributed by atoms with Gasteiger partial charge in [0.1, 0.15) is 30.5 Å². The number of aliphatic hydroxyl groups excluding tert-OH is 3. The molecule has 1 saturated heterocycles. The quantitative estimate of drug-likeness (QED) is 0.0782. The molecule has 2 amide bonds. The van der Waals surface area contributed by atoms with E-state index in [0.717, 1.165) is 19.3 Å². The number of nitrogens with one attached hydrogen (secondary N) is 2. The zero-order valence-electron chi connectivity index (χ0n) is 25.7. The minimum absolute atomic E-state index is 0.122. The Morgan fingerprint density at radius 3 is 2.07 bits per heavy atom. The highest BCUT2D eigenvalue weighted by molar-refractivity contribution is 5.89. The lowest BCUT2D eigenvalue weighted by atomic mass is 10.00. The Balaban J connectivity index is 2.39. The average Bonchev–Trinajstić information content (AvgIpc) is 3.11. The van der Waals surface area contributed by atoms with E-state index in [-0.39, 0.29) is 24.9 Å². The van der Waals surface area contributed by atoms with Gasteiger partial charge in [-0.3, -0.25) is 14.4 Å². The van der Waals surface area contributed by atoms with Crippen LogP contribution in [0, 0.1) is 5.92 Å². The molecule has 0 bridgehead atoms. The molecule has 0 saturated carbocycles. The predicted molar refractivity (Wildman–Crippen MR) is 158 cm³/mol. The number of unbranched alkanes of at least 4 members (excludes halogenated alkanes) is 10. The molecular weight excluding hydrogens is 528 g/mol. The Labute approximate surface area is 246 Å². The summed E-state index contributed by atoms with van der Waals surface area (Å²) in [6, 6.07) is -0.925. The van der Waals surface area contributed by atoms with Crippen molar-refractivity contribution in [3.05, 3.63) is 12.2 Å². The summed E-state index contributed by atoms with van der Waals surface area (Å²) in [5.41, 5.74) is 0. The fourth-order valence-corrected chi connectivity index (χ4v) is 4.83. The standard InChI is InChI=1S/C31H56N2O8/c1-5-6-7-8-9-10-11-12-13-14-15-16-26(35)41-23-18-19-24(30(38)32-21-23)33-31(39)29(40-4)28(37)27(36)25(34)20-17-22(2)3/h17,20,22-25,27-29,34,36-37H,5-16,18-19,21H2,1-4H3,(H,32,38)(H,33,39)/b20-17+/t23-,24-,25+,27-,28+,29+/m0/s1. The molecule has 41 heavy (non-hydrogen) atoms. The van der Waals surface area contributed by atoms with Crippen LogP contribution in [0.5, 0.6) is 0 Å². The summed E-state index contributed by atoms with van der Waals surface area (Å²) < 4.78 is 10.7. The summed E-state index contributed by atoms with van der Waals surface area (Å²) in [4.78, 5) is 37.7. The van der Waals surface area contributed by atoms with Crippen molar-refractivity contribution in [2.45, 2.75) is 147 Å². The Hall–Kier alpha value is -2.01. The second-order valence-corrected chi connectivity index (χ2v) is 11.5. The van der Waals surface area contributed by atoms with Crippen molar-refractivity contribution in [2.24, 2.45) is 5.92 Å². The largest absolute Gasteiger partial charge is 0.460 e. The summed E-state index contributed by atoms with van der Waals surface area (Å²) in [6.45, 7) is 6.16. The van der Waals surface area contributed by atoms with Crippen LogP contribution in [0.3, 0.4) is 0 Å². The van der Waals surface area contributed by atoms with Crippen LogP contribution in [0.2, 0.25) is 0 Å². The molecule has 1 aliphatic heterocycles. The monoisotopic (exact) mass is 584 g/mol. The fraction of sp³-hybridized carbons (Fsp3) is 0.839. The first-order valence-electron chi connectivity index (χ1n) is 15.6. The van der Waals surface area contributed by atoms with Gasteiger partial charge in [-0.1, -0.05) is 97.1 Å². The molecule has 10 heteroatoms. The van der Waals surface area contributed by atoms with E-state index in [2.05, 4.69) is 17.6 Å². The van der Waals surface area contributed by atoms with Crippen LogP contribution in [0.1, 0.15) is 111 Å². The van der Waals surface area contributed by atoms with Gasteiger partial charge in [-0.25, -0.2) is 0 Å². The molecule has 1 fully saturated rings. The van der Waals surface area contributed by atoms with Crippen molar-refractivity contribution < 1.29 is 39.2 Å². The zero-order valence-corrected chi connectivity index (χ0v) is 25.7. The van der Waals surface area contributed by atoms with Gasteiger partial charge in [-0.15, -0.1) is 0 Å². The molecule has 0 aromatic rings. The van der Waals surface area contributed by atoms with Crippen LogP contribution < -0.4 is 10.6 Å². The average molecular weight is 585 g/mol. The third-order valence-electron chi connectivity index (χ3n) is 7.41. The van der Waals surface area contributed by atoms with Crippen LogP contribution >= 0.6 is 0 Å². The van der Waals surface area contributed by atoms with Crippen LogP contribution in [-0.2, 0) is 23.9 Å². The number of amides is 2. The van der Waals surface area contributed by atoms with E-state index >= 15 is 0 Å². The van der Waals surface area contributed by atoms with Crippen LogP contribution in [0.25, 0.3) is 0 Å². The van der Waals surface area contributed by atoms with Gasteiger partial charge in [0.2, 0.25) is 5.91 Å². The zero-order chi connectivity index (χ0) is 30.6. The van der Waals surface area contributed by atoms with Gasteiger partial charge in [0.25, 0.3) is 5.91 Å². The van der Waals surface area contributed by atoms with Crippen molar-refractivity contribution in [1.29, 1.82) is 0 Å². The predicted octanol–water partition coefficient (Wildman–Crippen LogP) is 3.30. The summed E-state index contributed by atoms with van der Waals surface area (Å²) in [7, 11) is 1.19. The van der Waals surface area contributed by atoms with Gasteiger partial charge < -0.3 is 35.4 Å². The first-order valence-corrected chi connectivity index (χ1v) is 15.6. The number of allylic oxidation sites excluding steroid dienone is 1. The number of hydrogen-bond donors (Lipinski definition) is 5. The Morgan fingerprint density at radius 1 is 0.927 bits per heavy atom. The van der Waals surface area contributed by atoms with Gasteiger partial charge in [0.05, 0.1) is 6.54 Å². The number of aliphatic hydroxyl groups is 3. The lowest BCUT2D eigenvalue weighted by molar-refractivity contribution is -0.151. The number of carbonyl (C=O) groups is 3. The third-order valence-corrected chi connectivity index (χ3v) is 7.41. The highest BCUT2D eigenvalue weighted by atomic mass is 16.5. The molecule has 10 nitrogen and oxygen atoms in total. The van der Waals surface area contributed by atoms with E-state index in [0.29, 0.717) is 12.8 Å². The maximum absolute atomic E-state index is 12.8. The summed E-state index contributed by atoms with van der Waals surface area (Å²) in [5, 5.41) is 36.1. The number of carbonyl (C=O) groups excluding carboxylic acids is 3. The Bertz CT molecular complexity index is 775. The summed E-state index contributed by atoms with van der Waals surface area (Å²) in [5.74, 6) is -1.40. The van der Waals surface area contributed by atoms with Crippen molar-refractivity contribution in [2.75, 3.05) is 13.7 Å². The lowest BCUT2D eigenvalue weighted by Crippen LogP contribution is -2.55. The Morgan fingerprint density at radius 2 is 1.51 bits per heavy atom. The summed E-state index contributed by atoms with van der Waals surface area (Å²) in [6.07, 6.45) is 10.3. The molecule has 238 valence electrons. The van der Waals surface area contributed by atoms with Gasteiger partial charge in [0, 0.05) is 13.5 Å². The van der Waals surface area contributed by atoms with Crippen LogP contribution in [0.4, 0.5) is 0 Å². The molecule has 0 unspecified atom stereocenters. The molecule has 6 atom stereocenters. The molecule has 5 N–H and O–H groups in total. The van der Waals surface area contributed by atoms with Gasteiger partial charge in [0.15, 0.2) is 6.10 Å². The second-order valence-electron chi connectivity index (χ2n) is 11.5. The van der Waals surface area contributed by atoms with Crippen molar-refractivity contribution >= 4 is 17.8 Å². The third kappa shape index (κ3) is 15.7. The lowest BCUT2D eigenvalue weighted by Gasteiger charge is -2.28. The second kappa shape index (κ2) is 21.7. The number of hydrogen-bond acceptors (Lipinski definition) is 8. The Kier molecular flexibility index (Phi) is 19.6. The number of rotatable bonds is 21. The number of esters is 1. The highest BCUT2D eigenvalue weighted by Gasteiger charge is 2.37. The molecule has 0 spiro atoms. The minimum Gasteiger partial charge on any atom is -0.460 e. The minimum atomic E-state index is -1.73. The molecular formula is C31H56N2O8. The highest BCUT2D eigenvalue weighted by Crippen LogP contribution is 2.16. The topological polar surface area (TPSA) is 154 Å². The fourth-order valence-electron chi connectivity index (χ4n) is 4.83. The maximum Gasteiger partial charge on any atom is 0.306 e. The van der Waals surface area contributed by atoms with E-state index in [1.807, 2.05) is 13.8 Å². The molecule has 1 aliphatic rings. The SMILES string of the molecule is CCCCCCCCCCCCCC(=O)O[C@H]1CC[C@H](NC(=O)[C@H](OC)[C@H](O)[C@@H](O)[C@H](O)/C=C/C(C)C)C(=O)NC1. The van der Waals surface area contributed by atoms with Gasteiger partial charge >= 0.3 is 5.97 Å². The van der Waals surface area contributed by atoms with E-state index in [1.165, 1.54) is 64.6 Å². The number of methoxy groups -OCH3 is 1. The van der Waals surface area contributed by atoms with Crippen molar-refractivity contribution in [3.63, 3.8) is 0 Å². The molecule has 0 aromatic heterocycles. The molecule has 0 aliphatic carbocycles. The van der Waals surface area contributed by atoms with E-state index < -0.39 is 48.4 Å². The van der Waals surface area contributed by atoms with E-state index in [1.54, 1.807) is 6.08 Å². The first-order chi connectivity index (χ1) is 19.6. The van der Waals surface area contributed by atoms with Crippen molar-refractivity contribution in [3.8, 4) is 0 Å². The smallest absolute Gasteiger partial charge is 0.306 e. The van der Waals surface area contributed by atoms with Crippen LogP contribution in [-0.4, -0.2) is 83.3 Å². The van der Waals surface area contributed by atoms with Crippen molar-refractivity contribution in [1.82, 2.24) is 10.6 Å². The maximum atomic E-state index is 12.8. The summed E-state index contributed by atoms with van der Waals surface area (Å²) >= 11 is 0. The number of ether oxygens (including phenoxy) is 2. The van der Waals surface area contributed by atoms with E-state index in [9.17, 15) is 29.7 Å². The molecule has 1 heterocycles. The first kappa shape index (κ1) is 37.0. The van der Waals surface area contributed by atoms with Gasteiger partial charge in [-0.2, -0.15) is 0 Å². The molecule has 0 aromatic carbocycles. The van der Waals surface area contributed by atoms with Crippen LogP contribution in [0.15, 0.2) is 12.2 Å². The molecule has 1 rings (SSSR count). The van der Waals surface area contributed by atoms with E-state index in [4.69, 9.17) is 9.47 Å². The van der Waals surface area contributed by atoms with Gasteiger partial charge in [-0.05, 0) is 25.2 Å².